The smallest absolute Gasteiger partial charge is 0.336 e. The number of benzene rings is 1. The normalized spacial score (nSPS) is 10.5. The van der Waals surface area contributed by atoms with Crippen molar-refractivity contribution >= 4 is 17.3 Å². The minimum Gasteiger partial charge on any atom is -0.478 e. The molecule has 0 aliphatic carbocycles. The average Bonchev–Trinajstić information content (AvgIpc) is 2.92. The van der Waals surface area contributed by atoms with Crippen molar-refractivity contribution in [3.8, 4) is 0 Å². The summed E-state index contributed by atoms with van der Waals surface area (Å²) in [4.78, 5) is 25.8. The first-order chi connectivity index (χ1) is 10.5. The molecule has 8 nitrogen and oxygen atoms in total. The highest BCUT2D eigenvalue weighted by molar-refractivity contribution is 5.92. The van der Waals surface area contributed by atoms with Crippen LogP contribution in [0.2, 0.25) is 0 Å². The van der Waals surface area contributed by atoms with Crippen LogP contribution in [0, 0.1) is 17.0 Å². The van der Waals surface area contributed by atoms with Crippen molar-refractivity contribution < 1.29 is 14.8 Å². The van der Waals surface area contributed by atoms with Gasteiger partial charge in [-0.2, -0.15) is 0 Å². The van der Waals surface area contributed by atoms with Crippen LogP contribution in [-0.2, 0) is 13.1 Å². The van der Waals surface area contributed by atoms with Gasteiger partial charge in [-0.3, -0.25) is 10.1 Å². The van der Waals surface area contributed by atoms with Crippen molar-refractivity contribution in [2.75, 3.05) is 5.32 Å². The fourth-order valence-electron chi connectivity index (χ4n) is 2.26. The summed E-state index contributed by atoms with van der Waals surface area (Å²) in [6.45, 7) is 4.56. The second-order valence-electron chi connectivity index (χ2n) is 4.72. The highest BCUT2D eigenvalue weighted by Crippen LogP contribution is 2.31. The van der Waals surface area contributed by atoms with Crippen LogP contribution < -0.4 is 5.32 Å². The van der Waals surface area contributed by atoms with Crippen LogP contribution >= 0.6 is 0 Å². The van der Waals surface area contributed by atoms with Crippen LogP contribution in [0.1, 0.15) is 28.5 Å². The van der Waals surface area contributed by atoms with Crippen LogP contribution in [-0.4, -0.2) is 25.6 Å². The highest BCUT2D eigenvalue weighted by Gasteiger charge is 2.21. The third-order valence-corrected chi connectivity index (χ3v) is 3.46. The lowest BCUT2D eigenvalue weighted by atomic mass is 10.1. The number of carboxylic acids is 1. The molecule has 0 aliphatic rings. The summed E-state index contributed by atoms with van der Waals surface area (Å²) >= 11 is 0. The number of aromatic carboxylic acids is 1. The lowest BCUT2D eigenvalue weighted by Gasteiger charge is -2.12. The van der Waals surface area contributed by atoms with E-state index in [0.717, 1.165) is 12.2 Å². The zero-order chi connectivity index (χ0) is 16.3. The summed E-state index contributed by atoms with van der Waals surface area (Å²) in [6, 6.07) is 2.45. The molecule has 0 saturated heterocycles. The molecule has 2 N–H and O–H groups in total. The number of nitrogens with zero attached hydrogens (tertiary/aromatic N) is 3. The Bertz CT molecular complexity index is 724. The summed E-state index contributed by atoms with van der Waals surface area (Å²) in [5, 5.41) is 23.3. The van der Waals surface area contributed by atoms with Crippen molar-refractivity contribution in [3.63, 3.8) is 0 Å². The maximum atomic E-state index is 11.2. The van der Waals surface area contributed by atoms with Gasteiger partial charge in [-0.05, 0) is 25.5 Å². The van der Waals surface area contributed by atoms with Crippen LogP contribution in [0.4, 0.5) is 11.4 Å². The number of hydrogen-bond acceptors (Lipinski definition) is 5. The minimum absolute atomic E-state index is 0.0390. The molecule has 8 heteroatoms. The zero-order valence-corrected chi connectivity index (χ0v) is 12.2. The molecule has 0 spiro atoms. The summed E-state index contributed by atoms with van der Waals surface area (Å²) in [5.41, 5.74) is 1.30. The molecule has 2 aromatic rings. The molecule has 2 rings (SSSR count). The SMILES string of the molecule is CCn1cncc1CNc1c([N+](=O)[O-])ccc(C(=O)O)c1C. The van der Waals surface area contributed by atoms with E-state index in [1.54, 1.807) is 19.4 Å². The van der Waals surface area contributed by atoms with E-state index in [4.69, 9.17) is 5.11 Å². The maximum Gasteiger partial charge on any atom is 0.336 e. The number of rotatable bonds is 6. The molecule has 1 aromatic heterocycles. The number of aromatic nitrogens is 2. The van der Waals surface area contributed by atoms with E-state index in [-0.39, 0.29) is 16.9 Å². The fourth-order valence-corrected chi connectivity index (χ4v) is 2.26. The van der Waals surface area contributed by atoms with Gasteiger partial charge in [0.05, 0.1) is 29.1 Å². The number of nitro benzene ring substituents is 1. The van der Waals surface area contributed by atoms with Gasteiger partial charge >= 0.3 is 5.97 Å². The van der Waals surface area contributed by atoms with Crippen LogP contribution in [0.15, 0.2) is 24.7 Å². The largest absolute Gasteiger partial charge is 0.478 e. The lowest BCUT2D eigenvalue weighted by Crippen LogP contribution is -2.10. The quantitative estimate of drug-likeness (QED) is 0.626. The molecule has 0 fully saturated rings. The van der Waals surface area contributed by atoms with E-state index in [2.05, 4.69) is 10.3 Å². The number of nitrogens with one attached hydrogen (secondary N) is 1. The van der Waals surface area contributed by atoms with Gasteiger partial charge in [0.25, 0.3) is 5.69 Å². The summed E-state index contributed by atoms with van der Waals surface area (Å²) < 4.78 is 1.90. The van der Waals surface area contributed by atoms with E-state index < -0.39 is 10.9 Å². The number of imidazole rings is 1. The molecule has 0 saturated carbocycles. The summed E-state index contributed by atoms with van der Waals surface area (Å²) in [5.74, 6) is -1.12. The molecule has 0 unspecified atom stereocenters. The summed E-state index contributed by atoms with van der Waals surface area (Å²) in [6.07, 6.45) is 3.34. The highest BCUT2D eigenvalue weighted by atomic mass is 16.6. The van der Waals surface area contributed by atoms with Crippen molar-refractivity contribution in [2.24, 2.45) is 0 Å². The molecule has 0 bridgehead atoms. The number of carbonyl (C=O) groups is 1. The van der Waals surface area contributed by atoms with Gasteiger partial charge < -0.3 is 15.0 Å². The van der Waals surface area contributed by atoms with Crippen LogP contribution in [0.5, 0.6) is 0 Å². The Morgan fingerprint density at radius 1 is 1.50 bits per heavy atom. The van der Waals surface area contributed by atoms with Gasteiger partial charge in [0.15, 0.2) is 0 Å². The third-order valence-electron chi connectivity index (χ3n) is 3.46. The van der Waals surface area contributed by atoms with E-state index in [1.807, 2.05) is 11.5 Å². The maximum absolute atomic E-state index is 11.2. The van der Waals surface area contributed by atoms with Gasteiger partial charge in [0.2, 0.25) is 0 Å². The summed E-state index contributed by atoms with van der Waals surface area (Å²) in [7, 11) is 0. The predicted octanol–water partition coefficient (Wildman–Crippen LogP) is 2.43. The second-order valence-corrected chi connectivity index (χ2v) is 4.72. The monoisotopic (exact) mass is 304 g/mol. The van der Waals surface area contributed by atoms with Crippen LogP contribution in [0.3, 0.4) is 0 Å². The molecular weight excluding hydrogens is 288 g/mol. The van der Waals surface area contributed by atoms with E-state index >= 15 is 0 Å². The van der Waals surface area contributed by atoms with Crippen molar-refractivity contribution in [3.05, 3.63) is 51.6 Å². The number of aryl methyl sites for hydroxylation is 1. The van der Waals surface area contributed by atoms with Crippen molar-refractivity contribution in [1.29, 1.82) is 0 Å². The first-order valence-electron chi connectivity index (χ1n) is 6.69. The predicted molar refractivity (Wildman–Crippen MR) is 80.0 cm³/mol. The van der Waals surface area contributed by atoms with Gasteiger partial charge in [-0.1, -0.05) is 0 Å². The number of anilines is 1. The molecule has 0 aliphatic heterocycles. The van der Waals surface area contributed by atoms with Gasteiger partial charge in [-0.25, -0.2) is 9.78 Å². The van der Waals surface area contributed by atoms with Gasteiger partial charge in [0, 0.05) is 18.8 Å². The third kappa shape index (κ3) is 2.90. The first-order valence-corrected chi connectivity index (χ1v) is 6.69. The Morgan fingerprint density at radius 2 is 2.23 bits per heavy atom. The molecule has 0 radical (unpaired) electrons. The van der Waals surface area contributed by atoms with E-state index in [9.17, 15) is 14.9 Å². The second kappa shape index (κ2) is 6.25. The Labute approximate surface area is 126 Å². The molecule has 0 amide bonds. The molecule has 1 heterocycles. The Morgan fingerprint density at radius 3 is 2.82 bits per heavy atom. The Hall–Kier alpha value is -2.90. The van der Waals surface area contributed by atoms with Crippen molar-refractivity contribution in [1.82, 2.24) is 9.55 Å². The molecule has 22 heavy (non-hydrogen) atoms. The Balaban J connectivity index is 2.37. The zero-order valence-electron chi connectivity index (χ0n) is 12.2. The van der Waals surface area contributed by atoms with Crippen molar-refractivity contribution in [2.45, 2.75) is 26.9 Å². The number of hydrogen-bond donors (Lipinski definition) is 2. The Kier molecular flexibility index (Phi) is 4.40. The number of carboxylic acid groups (broad SMARTS) is 1. The molecular formula is C14H16N4O4. The molecule has 0 atom stereocenters. The molecule has 116 valence electrons. The lowest BCUT2D eigenvalue weighted by molar-refractivity contribution is -0.384. The fraction of sp³-hybridized carbons (Fsp3) is 0.286. The van der Waals surface area contributed by atoms with Crippen LogP contribution in [0.25, 0.3) is 0 Å². The number of nitro groups is 1. The molecule has 1 aromatic carbocycles. The average molecular weight is 304 g/mol. The first kappa shape index (κ1) is 15.5. The van der Waals surface area contributed by atoms with E-state index in [0.29, 0.717) is 12.1 Å². The minimum atomic E-state index is -1.12. The van der Waals surface area contributed by atoms with E-state index in [1.165, 1.54) is 12.1 Å². The topological polar surface area (TPSA) is 110 Å². The van der Waals surface area contributed by atoms with Gasteiger partial charge in [0.1, 0.15) is 5.69 Å². The van der Waals surface area contributed by atoms with Gasteiger partial charge in [-0.15, -0.1) is 0 Å². The standard InChI is InChI=1S/C14H16N4O4/c1-3-17-8-15-6-10(17)7-16-13-9(2)11(14(19)20)4-5-12(13)18(21)22/h4-6,8,16H,3,7H2,1-2H3,(H,19,20).